The molecule has 158 valence electrons. The number of likely N-dealkylation sites (tertiary alicyclic amines) is 2. The molecule has 2 aliphatic heterocycles. The average Bonchev–Trinajstić information content (AvgIpc) is 3.34. The van der Waals surface area contributed by atoms with Crippen molar-refractivity contribution in [1.82, 2.24) is 29.5 Å². The first-order chi connectivity index (χ1) is 14.0. The van der Waals surface area contributed by atoms with E-state index in [1.54, 1.807) is 6.33 Å². The number of hydrogen-bond donors (Lipinski definition) is 1. The lowest BCUT2D eigenvalue weighted by molar-refractivity contribution is -0.139. The predicted octanol–water partition coefficient (Wildman–Crippen LogP) is 2.69. The number of aromatic nitrogens is 4. The Bertz CT molecular complexity index is 832. The summed E-state index contributed by atoms with van der Waals surface area (Å²) in [4.78, 5) is 24.4. The summed E-state index contributed by atoms with van der Waals surface area (Å²) in [5, 5.41) is 4.68. The average molecular weight is 399 g/mol. The minimum Gasteiger partial charge on any atom is -0.348 e. The van der Waals surface area contributed by atoms with Gasteiger partial charge in [0.05, 0.1) is 12.0 Å². The van der Waals surface area contributed by atoms with Gasteiger partial charge < -0.3 is 9.88 Å². The highest BCUT2D eigenvalue weighted by molar-refractivity contribution is 5.77. The summed E-state index contributed by atoms with van der Waals surface area (Å²) < 4.78 is 2.11. The van der Waals surface area contributed by atoms with Crippen LogP contribution in [0, 0.1) is 19.3 Å². The number of nitrogens with one attached hydrogen (secondary N) is 1. The maximum Gasteiger partial charge on any atom is 0.222 e. The summed E-state index contributed by atoms with van der Waals surface area (Å²) in [5.74, 6) is 0.316. The predicted molar refractivity (Wildman–Crippen MR) is 112 cm³/mol. The number of aryl methyl sites for hydroxylation is 2. The van der Waals surface area contributed by atoms with E-state index in [0.717, 1.165) is 63.5 Å². The van der Waals surface area contributed by atoms with Crippen molar-refractivity contribution >= 4 is 5.91 Å². The van der Waals surface area contributed by atoms with Crippen molar-refractivity contribution < 1.29 is 4.79 Å². The maximum atomic E-state index is 12.5. The van der Waals surface area contributed by atoms with Crippen LogP contribution >= 0.6 is 0 Å². The molecular formula is C22H34N6O. The van der Waals surface area contributed by atoms with Gasteiger partial charge in [-0.3, -0.25) is 14.4 Å². The van der Waals surface area contributed by atoms with Gasteiger partial charge in [0.2, 0.25) is 5.91 Å². The molecule has 0 bridgehead atoms. The van der Waals surface area contributed by atoms with Gasteiger partial charge in [0, 0.05) is 62.2 Å². The molecule has 1 amide bonds. The second-order valence-electron chi connectivity index (χ2n) is 8.88. The second kappa shape index (κ2) is 8.30. The molecule has 1 N–H and O–H groups in total. The van der Waals surface area contributed by atoms with Crippen LogP contribution < -0.4 is 0 Å². The summed E-state index contributed by atoms with van der Waals surface area (Å²) in [6.07, 6.45) is 8.53. The van der Waals surface area contributed by atoms with E-state index in [2.05, 4.69) is 50.3 Å². The molecule has 1 spiro atoms. The molecule has 2 aliphatic rings. The first-order valence-electron chi connectivity index (χ1n) is 11.0. The lowest BCUT2D eigenvalue weighted by Gasteiger charge is -2.47. The number of H-pyrrole nitrogens is 1. The van der Waals surface area contributed by atoms with Crippen molar-refractivity contribution in [3.05, 3.63) is 35.2 Å². The molecule has 4 rings (SSSR count). The fourth-order valence-electron chi connectivity index (χ4n) is 5.07. The number of nitrogens with zero attached hydrogens (tertiary/aromatic N) is 5. The molecule has 0 unspecified atom stereocenters. The number of amides is 1. The quantitative estimate of drug-likeness (QED) is 0.812. The third-order valence-corrected chi connectivity index (χ3v) is 7.08. The zero-order valence-electron chi connectivity index (χ0n) is 18.1. The third kappa shape index (κ3) is 4.25. The number of aromatic amines is 1. The number of carbonyl (C=O) groups excluding carboxylic acids is 1. The summed E-state index contributed by atoms with van der Waals surface area (Å²) in [6, 6.07) is 0. The fourth-order valence-corrected chi connectivity index (χ4v) is 5.07. The van der Waals surface area contributed by atoms with E-state index < -0.39 is 0 Å². The van der Waals surface area contributed by atoms with Gasteiger partial charge >= 0.3 is 0 Å². The van der Waals surface area contributed by atoms with Crippen LogP contribution in [0.3, 0.4) is 0 Å². The Hall–Kier alpha value is -2.15. The molecule has 7 nitrogen and oxygen atoms in total. The molecular weight excluding hydrogens is 364 g/mol. The Labute approximate surface area is 173 Å². The Morgan fingerprint density at radius 1 is 1.21 bits per heavy atom. The minimum absolute atomic E-state index is 0.302. The molecule has 2 aromatic heterocycles. The van der Waals surface area contributed by atoms with Crippen LogP contribution in [0.4, 0.5) is 0 Å². The summed E-state index contributed by atoms with van der Waals surface area (Å²) in [5.41, 5.74) is 5.26. The normalized spacial score (nSPS) is 20.0. The van der Waals surface area contributed by atoms with Gasteiger partial charge in [-0.25, -0.2) is 4.98 Å². The van der Waals surface area contributed by atoms with Crippen LogP contribution in [0.2, 0.25) is 0 Å². The molecule has 0 radical (unpaired) electrons. The second-order valence-corrected chi connectivity index (χ2v) is 8.88. The van der Waals surface area contributed by atoms with Crippen LogP contribution in [0.15, 0.2) is 12.5 Å². The van der Waals surface area contributed by atoms with Crippen molar-refractivity contribution in [3.8, 4) is 0 Å². The van der Waals surface area contributed by atoms with E-state index in [-0.39, 0.29) is 0 Å². The van der Waals surface area contributed by atoms with E-state index in [1.807, 2.05) is 6.20 Å². The zero-order valence-corrected chi connectivity index (χ0v) is 18.1. The van der Waals surface area contributed by atoms with Gasteiger partial charge in [-0.15, -0.1) is 0 Å². The van der Waals surface area contributed by atoms with Crippen molar-refractivity contribution in [2.75, 3.05) is 26.2 Å². The van der Waals surface area contributed by atoms with Gasteiger partial charge in [0.15, 0.2) is 0 Å². The smallest absolute Gasteiger partial charge is 0.222 e. The highest BCUT2D eigenvalue weighted by Crippen LogP contribution is 2.40. The van der Waals surface area contributed by atoms with Gasteiger partial charge in [0.25, 0.3) is 0 Å². The molecule has 29 heavy (non-hydrogen) atoms. The van der Waals surface area contributed by atoms with Crippen LogP contribution in [-0.2, 0) is 24.3 Å². The summed E-state index contributed by atoms with van der Waals surface area (Å²) in [7, 11) is 0. The highest BCUT2D eigenvalue weighted by Gasteiger charge is 2.40. The SMILES string of the molecule is CCn1nc(C)c(CN2CCC3(CCC(=O)N(CCc4cnc[nH]4)C3)CC2)c1C. The zero-order chi connectivity index (χ0) is 20.4. The summed E-state index contributed by atoms with van der Waals surface area (Å²) in [6.45, 7) is 12.3. The van der Waals surface area contributed by atoms with E-state index in [0.29, 0.717) is 17.7 Å². The Morgan fingerprint density at radius 2 is 2.00 bits per heavy atom. The van der Waals surface area contributed by atoms with Crippen molar-refractivity contribution in [2.24, 2.45) is 5.41 Å². The lowest BCUT2D eigenvalue weighted by atomic mass is 9.72. The lowest BCUT2D eigenvalue weighted by Crippen LogP contribution is -2.51. The number of carbonyl (C=O) groups is 1. The fraction of sp³-hybridized carbons (Fsp3) is 0.682. The number of hydrogen-bond acceptors (Lipinski definition) is 4. The van der Waals surface area contributed by atoms with Crippen LogP contribution in [-0.4, -0.2) is 61.6 Å². The molecule has 0 aliphatic carbocycles. The van der Waals surface area contributed by atoms with Crippen molar-refractivity contribution in [3.63, 3.8) is 0 Å². The summed E-state index contributed by atoms with van der Waals surface area (Å²) >= 11 is 0. The molecule has 2 aromatic rings. The Balaban J connectivity index is 1.34. The highest BCUT2D eigenvalue weighted by atomic mass is 16.2. The Morgan fingerprint density at radius 3 is 2.66 bits per heavy atom. The number of imidazole rings is 1. The molecule has 0 saturated carbocycles. The van der Waals surface area contributed by atoms with Gasteiger partial charge in [-0.05, 0) is 58.5 Å². The number of rotatable bonds is 6. The van der Waals surface area contributed by atoms with Crippen LogP contribution in [0.5, 0.6) is 0 Å². The molecule has 2 fully saturated rings. The van der Waals surface area contributed by atoms with Gasteiger partial charge in [-0.1, -0.05) is 0 Å². The molecule has 0 atom stereocenters. The van der Waals surface area contributed by atoms with Gasteiger partial charge in [-0.2, -0.15) is 5.10 Å². The number of piperidine rings is 2. The van der Waals surface area contributed by atoms with E-state index in [9.17, 15) is 4.79 Å². The monoisotopic (exact) mass is 398 g/mol. The standard InChI is InChI=1S/C22H34N6O/c1-4-28-18(3)20(17(2)25-28)14-26-11-8-22(9-12-26)7-5-21(29)27(15-22)10-6-19-13-23-16-24-19/h13,16H,4-12,14-15H2,1-3H3,(H,23,24). The molecule has 0 aromatic carbocycles. The first-order valence-corrected chi connectivity index (χ1v) is 11.0. The third-order valence-electron chi connectivity index (χ3n) is 7.08. The van der Waals surface area contributed by atoms with Crippen LogP contribution in [0.1, 0.15) is 55.3 Å². The van der Waals surface area contributed by atoms with E-state index >= 15 is 0 Å². The molecule has 4 heterocycles. The topological polar surface area (TPSA) is 70.1 Å². The largest absolute Gasteiger partial charge is 0.348 e. The Kier molecular flexibility index (Phi) is 5.76. The van der Waals surface area contributed by atoms with E-state index in [4.69, 9.17) is 0 Å². The van der Waals surface area contributed by atoms with Gasteiger partial charge in [0.1, 0.15) is 0 Å². The first kappa shape index (κ1) is 20.1. The maximum absolute atomic E-state index is 12.5. The van der Waals surface area contributed by atoms with Crippen LogP contribution in [0.25, 0.3) is 0 Å². The van der Waals surface area contributed by atoms with Crippen molar-refractivity contribution in [2.45, 2.75) is 66.0 Å². The van der Waals surface area contributed by atoms with Crippen molar-refractivity contribution in [1.29, 1.82) is 0 Å². The molecule has 2 saturated heterocycles. The van der Waals surface area contributed by atoms with E-state index in [1.165, 1.54) is 24.1 Å². The molecule has 7 heteroatoms. The minimum atomic E-state index is 0.302.